The number of carboxylic acid groups (broad SMARTS) is 1. The van der Waals surface area contributed by atoms with Crippen LogP contribution in [0.1, 0.15) is 36.2 Å². The van der Waals surface area contributed by atoms with Crippen molar-refractivity contribution < 1.29 is 19.4 Å². The number of rotatable bonds is 5. The average Bonchev–Trinajstić information content (AvgIpc) is 2.76. The summed E-state index contributed by atoms with van der Waals surface area (Å²) in [4.78, 5) is 31.8. The van der Waals surface area contributed by atoms with Crippen molar-refractivity contribution in [1.82, 2.24) is 9.97 Å². The van der Waals surface area contributed by atoms with Crippen LogP contribution in [0, 0.1) is 0 Å². The summed E-state index contributed by atoms with van der Waals surface area (Å²) in [5, 5.41) is 8.69. The molecule has 3 atom stereocenters. The van der Waals surface area contributed by atoms with E-state index in [9.17, 15) is 9.59 Å². The van der Waals surface area contributed by atoms with E-state index >= 15 is 0 Å². The van der Waals surface area contributed by atoms with Gasteiger partial charge in [-0.15, -0.1) is 0 Å². The number of fused-ring (bicyclic) bond motifs is 2. The number of carboxylic acids is 1. The van der Waals surface area contributed by atoms with E-state index < -0.39 is 5.97 Å². The molecule has 0 spiro atoms. The van der Waals surface area contributed by atoms with Crippen LogP contribution in [0.4, 0.5) is 5.82 Å². The number of carbonyl (C=O) groups excluding carboxylic acids is 1. The number of hydrogen-bond donors (Lipinski definition) is 1. The zero-order valence-corrected chi connectivity index (χ0v) is 11.5. The molecule has 3 heterocycles. The second-order valence-electron chi connectivity index (χ2n) is 5.51. The Balaban J connectivity index is 1.69. The third kappa shape index (κ3) is 2.87. The van der Waals surface area contributed by atoms with Gasteiger partial charge in [0.05, 0.1) is 18.5 Å². The SMILES string of the molecule is O=Cc1cnc(N2[C@@H]3CC[C@H]2CC(OCC(=O)O)C3)cn1. The van der Waals surface area contributed by atoms with E-state index in [0.29, 0.717) is 24.1 Å². The number of aromatic nitrogens is 2. The molecule has 0 radical (unpaired) electrons. The predicted octanol–water partition coefficient (Wildman–Crippen LogP) is 0.890. The molecule has 2 fully saturated rings. The van der Waals surface area contributed by atoms with Crippen LogP contribution in [-0.2, 0) is 9.53 Å². The summed E-state index contributed by atoms with van der Waals surface area (Å²) in [6.45, 7) is -0.238. The highest BCUT2D eigenvalue weighted by Gasteiger charge is 2.42. The number of nitrogens with zero attached hydrogens (tertiary/aromatic N) is 3. The number of aldehydes is 1. The molecular weight excluding hydrogens is 274 g/mol. The summed E-state index contributed by atoms with van der Waals surface area (Å²) in [6.07, 6.45) is 7.50. The Hall–Kier alpha value is -2.02. The number of carbonyl (C=O) groups is 2. The molecule has 0 amide bonds. The Bertz CT molecular complexity index is 520. The minimum atomic E-state index is -0.930. The highest BCUT2D eigenvalue weighted by molar-refractivity contribution is 5.71. The van der Waals surface area contributed by atoms with Gasteiger partial charge < -0.3 is 14.7 Å². The van der Waals surface area contributed by atoms with Crippen molar-refractivity contribution in [1.29, 1.82) is 0 Å². The monoisotopic (exact) mass is 291 g/mol. The largest absolute Gasteiger partial charge is 0.480 e. The van der Waals surface area contributed by atoms with Gasteiger partial charge in [0, 0.05) is 12.1 Å². The van der Waals surface area contributed by atoms with Gasteiger partial charge in [0.15, 0.2) is 6.29 Å². The van der Waals surface area contributed by atoms with Crippen molar-refractivity contribution in [3.8, 4) is 0 Å². The van der Waals surface area contributed by atoms with Crippen molar-refractivity contribution in [2.45, 2.75) is 43.9 Å². The molecule has 1 N–H and O–H groups in total. The summed E-state index contributed by atoms with van der Waals surface area (Å²) in [6, 6.07) is 0.609. The lowest BCUT2D eigenvalue weighted by molar-refractivity contribution is -0.145. The number of hydrogen-bond acceptors (Lipinski definition) is 6. The summed E-state index contributed by atoms with van der Waals surface area (Å²) in [5.41, 5.74) is 0.325. The molecule has 3 rings (SSSR count). The van der Waals surface area contributed by atoms with Crippen molar-refractivity contribution >= 4 is 18.1 Å². The highest BCUT2D eigenvalue weighted by Crippen LogP contribution is 2.39. The van der Waals surface area contributed by atoms with Crippen LogP contribution < -0.4 is 4.90 Å². The number of aliphatic carboxylic acids is 1. The lowest BCUT2D eigenvalue weighted by atomic mass is 10.00. The van der Waals surface area contributed by atoms with E-state index in [1.54, 1.807) is 6.20 Å². The maximum Gasteiger partial charge on any atom is 0.329 e. The molecule has 112 valence electrons. The van der Waals surface area contributed by atoms with Gasteiger partial charge in [-0.25, -0.2) is 14.8 Å². The molecule has 7 heteroatoms. The van der Waals surface area contributed by atoms with Gasteiger partial charge in [0.2, 0.25) is 0 Å². The zero-order valence-electron chi connectivity index (χ0n) is 11.5. The van der Waals surface area contributed by atoms with E-state index in [1.807, 2.05) is 0 Å². The van der Waals surface area contributed by atoms with Crippen LogP contribution in [-0.4, -0.2) is 52.1 Å². The maximum atomic E-state index is 10.6. The molecule has 2 saturated heterocycles. The van der Waals surface area contributed by atoms with Gasteiger partial charge in [-0.05, 0) is 25.7 Å². The quantitative estimate of drug-likeness (QED) is 0.805. The standard InChI is InChI=1S/C14H17N3O4/c18-7-9-5-16-13(6-15-9)17-10-1-2-11(17)4-12(3-10)21-8-14(19)20/h5-7,10-12H,1-4,8H2,(H,19,20)/t10-,11+,12?. The average molecular weight is 291 g/mol. The Morgan fingerprint density at radius 3 is 2.57 bits per heavy atom. The first kappa shape index (κ1) is 13.9. The van der Waals surface area contributed by atoms with Crippen molar-refractivity contribution in [2.24, 2.45) is 0 Å². The minimum Gasteiger partial charge on any atom is -0.480 e. The van der Waals surface area contributed by atoms with Crippen LogP contribution in [0.25, 0.3) is 0 Å². The van der Waals surface area contributed by atoms with Crippen LogP contribution in [0.2, 0.25) is 0 Å². The van der Waals surface area contributed by atoms with Gasteiger partial charge in [-0.1, -0.05) is 0 Å². The number of anilines is 1. The van der Waals surface area contributed by atoms with Crippen LogP contribution in [0.5, 0.6) is 0 Å². The fourth-order valence-electron chi connectivity index (χ4n) is 3.35. The molecule has 21 heavy (non-hydrogen) atoms. The van der Waals surface area contributed by atoms with Gasteiger partial charge in [0.1, 0.15) is 18.1 Å². The molecule has 2 aliphatic heterocycles. The van der Waals surface area contributed by atoms with E-state index in [1.165, 1.54) is 6.20 Å². The Morgan fingerprint density at radius 2 is 2.05 bits per heavy atom. The van der Waals surface area contributed by atoms with E-state index in [4.69, 9.17) is 9.84 Å². The lowest BCUT2D eigenvalue weighted by Crippen LogP contribution is -2.46. The van der Waals surface area contributed by atoms with Gasteiger partial charge in [-0.2, -0.15) is 0 Å². The molecule has 0 aromatic carbocycles. The van der Waals surface area contributed by atoms with Crippen molar-refractivity contribution in [3.05, 3.63) is 18.1 Å². The first-order valence-electron chi connectivity index (χ1n) is 7.06. The zero-order chi connectivity index (χ0) is 14.8. The molecule has 1 aromatic heterocycles. The van der Waals surface area contributed by atoms with Crippen LogP contribution >= 0.6 is 0 Å². The minimum absolute atomic E-state index is 0.00272. The third-order valence-corrected chi connectivity index (χ3v) is 4.18. The molecule has 7 nitrogen and oxygen atoms in total. The first-order chi connectivity index (χ1) is 10.2. The summed E-state index contributed by atoms with van der Waals surface area (Å²) in [7, 11) is 0. The van der Waals surface area contributed by atoms with Crippen LogP contribution in [0.3, 0.4) is 0 Å². The fourth-order valence-corrected chi connectivity index (χ4v) is 3.35. The second kappa shape index (κ2) is 5.77. The highest BCUT2D eigenvalue weighted by atomic mass is 16.5. The van der Waals surface area contributed by atoms with Gasteiger partial charge in [-0.3, -0.25) is 4.79 Å². The summed E-state index contributed by atoms with van der Waals surface area (Å²) >= 11 is 0. The predicted molar refractivity (Wildman–Crippen MR) is 73.3 cm³/mol. The van der Waals surface area contributed by atoms with E-state index in [-0.39, 0.29) is 12.7 Å². The molecule has 0 saturated carbocycles. The van der Waals surface area contributed by atoms with Crippen molar-refractivity contribution in [2.75, 3.05) is 11.5 Å². The molecule has 2 aliphatic rings. The normalized spacial score (nSPS) is 27.6. The molecule has 2 bridgehead atoms. The van der Waals surface area contributed by atoms with Crippen LogP contribution in [0.15, 0.2) is 12.4 Å². The first-order valence-corrected chi connectivity index (χ1v) is 7.06. The Labute approximate surface area is 121 Å². The topological polar surface area (TPSA) is 92.6 Å². The van der Waals surface area contributed by atoms with E-state index in [2.05, 4.69) is 14.9 Å². The van der Waals surface area contributed by atoms with Gasteiger partial charge >= 0.3 is 5.97 Å². The van der Waals surface area contributed by atoms with E-state index in [0.717, 1.165) is 31.5 Å². The lowest BCUT2D eigenvalue weighted by Gasteiger charge is -2.39. The molecular formula is C14H17N3O4. The third-order valence-electron chi connectivity index (χ3n) is 4.18. The Morgan fingerprint density at radius 1 is 1.33 bits per heavy atom. The smallest absolute Gasteiger partial charge is 0.329 e. The number of ether oxygens (including phenoxy) is 1. The number of piperidine rings is 1. The Kier molecular flexibility index (Phi) is 3.83. The fraction of sp³-hybridized carbons (Fsp3) is 0.571. The maximum absolute atomic E-state index is 10.6. The van der Waals surface area contributed by atoms with Gasteiger partial charge in [0.25, 0.3) is 0 Å². The molecule has 1 aromatic rings. The molecule has 0 aliphatic carbocycles. The summed E-state index contributed by atoms with van der Waals surface area (Å²) in [5.74, 6) is -0.148. The van der Waals surface area contributed by atoms with Crippen molar-refractivity contribution in [3.63, 3.8) is 0 Å². The molecule has 1 unspecified atom stereocenters. The second-order valence-corrected chi connectivity index (χ2v) is 5.51. The summed E-state index contributed by atoms with van der Waals surface area (Å²) < 4.78 is 5.44.